The van der Waals surface area contributed by atoms with Gasteiger partial charge in [-0.15, -0.1) is 0 Å². The first-order valence-electron chi connectivity index (χ1n) is 8.10. The van der Waals surface area contributed by atoms with E-state index >= 15 is 0 Å². The fraction of sp³-hybridized carbons (Fsp3) is 0.0526. The van der Waals surface area contributed by atoms with Crippen LogP contribution in [0.2, 0.25) is 5.02 Å². The smallest absolute Gasteiger partial charge is 0.270 e. The van der Waals surface area contributed by atoms with E-state index in [1.165, 1.54) is 24.3 Å². The Balaban J connectivity index is 1.91. The molecule has 8 nitrogen and oxygen atoms in total. The van der Waals surface area contributed by atoms with Crippen molar-refractivity contribution in [2.75, 3.05) is 5.75 Å². The highest BCUT2D eigenvalue weighted by molar-refractivity contribution is 7.99. The van der Waals surface area contributed by atoms with Crippen LogP contribution < -0.4 is 5.56 Å². The van der Waals surface area contributed by atoms with Gasteiger partial charge in [-0.2, -0.15) is 5.26 Å². The quantitative estimate of drug-likeness (QED) is 0.208. The van der Waals surface area contributed by atoms with E-state index in [0.717, 1.165) is 11.8 Å². The largest absolute Gasteiger partial charge is 0.300 e. The molecule has 0 radical (unpaired) electrons. The van der Waals surface area contributed by atoms with Crippen molar-refractivity contribution in [3.05, 3.63) is 85.1 Å². The number of rotatable bonds is 6. The number of hydrogen-bond donors (Lipinski definition) is 1. The van der Waals surface area contributed by atoms with E-state index in [-0.39, 0.29) is 39.2 Å². The number of thioether (sulfide) groups is 1. The Hall–Kier alpha value is -3.48. The summed E-state index contributed by atoms with van der Waals surface area (Å²) in [5.74, 6) is -0.208. The maximum Gasteiger partial charge on any atom is 0.270 e. The zero-order chi connectivity index (χ0) is 21.0. The normalized spacial score (nSPS) is 10.3. The number of Topliss-reactive ketones (excluding diaryl/α,β-unsaturated/α-hetero) is 1. The van der Waals surface area contributed by atoms with Crippen LogP contribution in [0.15, 0.2) is 58.5 Å². The van der Waals surface area contributed by atoms with Crippen LogP contribution >= 0.6 is 23.4 Å². The summed E-state index contributed by atoms with van der Waals surface area (Å²) in [5, 5.41) is 20.9. The lowest BCUT2D eigenvalue weighted by molar-refractivity contribution is -0.384. The molecule has 29 heavy (non-hydrogen) atoms. The van der Waals surface area contributed by atoms with Crippen LogP contribution in [-0.4, -0.2) is 26.4 Å². The van der Waals surface area contributed by atoms with Gasteiger partial charge >= 0.3 is 0 Å². The van der Waals surface area contributed by atoms with Crippen molar-refractivity contribution in [3.63, 3.8) is 0 Å². The summed E-state index contributed by atoms with van der Waals surface area (Å²) in [6.07, 6.45) is 0. The van der Waals surface area contributed by atoms with Gasteiger partial charge in [-0.25, -0.2) is 4.98 Å². The Morgan fingerprint density at radius 1 is 1.28 bits per heavy atom. The number of non-ortho nitro benzene ring substituents is 1. The molecule has 0 aliphatic carbocycles. The lowest BCUT2D eigenvalue weighted by Crippen LogP contribution is -2.15. The first-order valence-corrected chi connectivity index (χ1v) is 9.46. The van der Waals surface area contributed by atoms with E-state index in [0.29, 0.717) is 10.6 Å². The van der Waals surface area contributed by atoms with Gasteiger partial charge in [0.15, 0.2) is 10.9 Å². The first-order chi connectivity index (χ1) is 13.9. The SMILES string of the molecule is N#Cc1c(-c2cccc([N+](=O)[O-])c2)nc(SCC(=O)c2ccc(Cl)cc2)[nH]c1=O. The number of hydrogen-bond acceptors (Lipinski definition) is 7. The van der Waals surface area contributed by atoms with Gasteiger partial charge in [0.1, 0.15) is 11.6 Å². The van der Waals surface area contributed by atoms with Crippen molar-refractivity contribution < 1.29 is 9.72 Å². The van der Waals surface area contributed by atoms with Gasteiger partial charge in [-0.1, -0.05) is 35.5 Å². The van der Waals surface area contributed by atoms with E-state index in [4.69, 9.17) is 11.6 Å². The summed E-state index contributed by atoms with van der Waals surface area (Å²) in [5.41, 5.74) is -0.421. The molecule has 0 amide bonds. The minimum atomic E-state index is -0.689. The molecule has 2 aromatic carbocycles. The molecule has 10 heteroatoms. The van der Waals surface area contributed by atoms with E-state index in [1.54, 1.807) is 30.3 Å². The van der Waals surface area contributed by atoms with Gasteiger partial charge in [0, 0.05) is 28.3 Å². The van der Waals surface area contributed by atoms with Crippen molar-refractivity contribution in [2.45, 2.75) is 5.16 Å². The Kier molecular flexibility index (Phi) is 6.07. The second-order valence-corrected chi connectivity index (χ2v) is 7.13. The van der Waals surface area contributed by atoms with Crippen molar-refractivity contribution in [1.29, 1.82) is 5.26 Å². The predicted molar refractivity (Wildman–Crippen MR) is 108 cm³/mol. The van der Waals surface area contributed by atoms with Crippen LogP contribution in [0.5, 0.6) is 0 Å². The number of nitrogens with zero attached hydrogens (tertiary/aromatic N) is 3. The highest BCUT2D eigenvalue weighted by Crippen LogP contribution is 2.25. The van der Waals surface area contributed by atoms with Gasteiger partial charge in [-0.3, -0.25) is 19.7 Å². The van der Waals surface area contributed by atoms with E-state index in [1.807, 2.05) is 0 Å². The molecule has 1 heterocycles. The molecule has 0 aliphatic heterocycles. The average Bonchev–Trinajstić information content (AvgIpc) is 2.72. The molecular weight excluding hydrogens is 416 g/mol. The number of nitrogens with one attached hydrogen (secondary N) is 1. The van der Waals surface area contributed by atoms with Crippen molar-refractivity contribution in [3.8, 4) is 17.3 Å². The standard InChI is InChI=1S/C19H11ClN4O4S/c20-13-6-4-11(5-7-13)16(25)10-29-19-22-17(15(9-21)18(26)23-19)12-2-1-3-14(8-12)24(27)28/h1-8H,10H2,(H,22,23,26). The number of nitriles is 1. The summed E-state index contributed by atoms with van der Waals surface area (Å²) in [6, 6.07) is 13.6. The molecule has 0 aliphatic rings. The molecule has 3 rings (SSSR count). The number of halogens is 1. The van der Waals surface area contributed by atoms with Crippen molar-refractivity contribution >= 4 is 34.8 Å². The number of benzene rings is 2. The lowest BCUT2D eigenvalue weighted by Gasteiger charge is -2.06. The number of nitro benzene ring substituents is 1. The number of ketones is 1. The fourth-order valence-electron chi connectivity index (χ4n) is 2.45. The van der Waals surface area contributed by atoms with Crippen LogP contribution in [0.3, 0.4) is 0 Å². The second kappa shape index (κ2) is 8.68. The van der Waals surface area contributed by atoms with Crippen molar-refractivity contribution in [2.24, 2.45) is 0 Å². The number of aromatic nitrogens is 2. The van der Waals surface area contributed by atoms with Crippen molar-refractivity contribution in [1.82, 2.24) is 9.97 Å². The molecule has 0 saturated heterocycles. The summed E-state index contributed by atoms with van der Waals surface area (Å²) in [7, 11) is 0. The highest BCUT2D eigenvalue weighted by Gasteiger charge is 2.17. The lowest BCUT2D eigenvalue weighted by atomic mass is 10.1. The summed E-state index contributed by atoms with van der Waals surface area (Å²) in [6.45, 7) is 0. The third-order valence-electron chi connectivity index (χ3n) is 3.85. The molecule has 1 N–H and O–H groups in total. The van der Waals surface area contributed by atoms with Gasteiger partial charge in [0.25, 0.3) is 11.2 Å². The maximum atomic E-state index is 12.3. The fourth-order valence-corrected chi connectivity index (χ4v) is 3.33. The number of carbonyl (C=O) groups excluding carboxylic acids is 1. The molecule has 0 atom stereocenters. The van der Waals surface area contributed by atoms with E-state index in [9.17, 15) is 25.0 Å². The van der Waals surface area contributed by atoms with Gasteiger partial charge in [-0.05, 0) is 24.3 Å². The monoisotopic (exact) mass is 426 g/mol. The summed E-state index contributed by atoms with van der Waals surface area (Å²) in [4.78, 5) is 41.7. The van der Waals surface area contributed by atoms with Gasteiger partial charge in [0.2, 0.25) is 0 Å². The Morgan fingerprint density at radius 2 is 2.00 bits per heavy atom. The van der Waals surface area contributed by atoms with Gasteiger partial charge in [0.05, 0.1) is 16.4 Å². The molecule has 0 saturated carbocycles. The highest BCUT2D eigenvalue weighted by atomic mass is 35.5. The predicted octanol–water partition coefficient (Wildman–Crippen LogP) is 3.85. The first kappa shape index (κ1) is 20.3. The number of carbonyl (C=O) groups is 1. The van der Waals surface area contributed by atoms with Crippen LogP contribution in [-0.2, 0) is 0 Å². The molecule has 0 fully saturated rings. The average molecular weight is 427 g/mol. The van der Waals surface area contributed by atoms with E-state index in [2.05, 4.69) is 9.97 Å². The molecule has 3 aromatic rings. The molecule has 144 valence electrons. The Bertz CT molecular complexity index is 1200. The zero-order valence-electron chi connectivity index (χ0n) is 14.6. The second-order valence-electron chi connectivity index (χ2n) is 5.73. The minimum Gasteiger partial charge on any atom is -0.300 e. The molecule has 0 spiro atoms. The topological polar surface area (TPSA) is 130 Å². The molecule has 0 unspecified atom stereocenters. The van der Waals surface area contributed by atoms with Gasteiger partial charge < -0.3 is 4.98 Å². The third kappa shape index (κ3) is 4.68. The Morgan fingerprint density at radius 3 is 2.66 bits per heavy atom. The van der Waals surface area contributed by atoms with Crippen LogP contribution in [0.1, 0.15) is 15.9 Å². The Labute approximate surface area is 173 Å². The maximum absolute atomic E-state index is 12.3. The molecular formula is C19H11ClN4O4S. The number of nitro groups is 1. The van der Waals surface area contributed by atoms with Crippen LogP contribution in [0.25, 0.3) is 11.3 Å². The number of aromatic amines is 1. The summed E-state index contributed by atoms with van der Waals surface area (Å²) < 4.78 is 0. The van der Waals surface area contributed by atoms with E-state index < -0.39 is 10.5 Å². The minimum absolute atomic E-state index is 0.00908. The summed E-state index contributed by atoms with van der Waals surface area (Å²) >= 11 is 6.79. The molecule has 0 bridgehead atoms. The zero-order valence-corrected chi connectivity index (χ0v) is 16.2. The third-order valence-corrected chi connectivity index (χ3v) is 4.97. The van der Waals surface area contributed by atoms with Crippen LogP contribution in [0, 0.1) is 21.4 Å². The molecule has 1 aromatic heterocycles. The number of H-pyrrole nitrogens is 1. The van der Waals surface area contributed by atoms with Crippen LogP contribution in [0.4, 0.5) is 5.69 Å².